The van der Waals surface area contributed by atoms with Gasteiger partial charge in [-0.25, -0.2) is 4.68 Å². The Kier molecular flexibility index (Phi) is 6.71. The molecule has 3 rings (SSSR count). The lowest BCUT2D eigenvalue weighted by molar-refractivity contribution is 0.619. The number of hydrogen-bond acceptors (Lipinski definition) is 5. The summed E-state index contributed by atoms with van der Waals surface area (Å²) in [6, 6.07) is 20.5. The molecule has 0 saturated heterocycles. The number of thiocarbonyl (C=S) groups is 1. The Balaban J connectivity index is 1.90. The van der Waals surface area contributed by atoms with Crippen molar-refractivity contribution in [3.05, 3.63) is 71.8 Å². The van der Waals surface area contributed by atoms with E-state index in [-0.39, 0.29) is 0 Å². The van der Waals surface area contributed by atoms with Gasteiger partial charge in [0.2, 0.25) is 0 Å². The standard InChI is InChI=1S/C19H20N4S3/c1-25-18-20-17(21-23(18)14-16-11-7-4-8-12-16)22(19(24)26-2)13-15-9-5-3-6-10-15/h3-12H,13-14H2,1-2H3. The SMILES string of the molecule is CSC(=S)N(Cc1ccccc1)c1nc(SC)n(Cc2ccccc2)n1. The van der Waals surface area contributed by atoms with E-state index in [9.17, 15) is 0 Å². The first-order valence-corrected chi connectivity index (χ1v) is 11.0. The second kappa shape index (κ2) is 9.21. The molecule has 0 bridgehead atoms. The Morgan fingerprint density at radius 2 is 1.62 bits per heavy atom. The van der Waals surface area contributed by atoms with Gasteiger partial charge in [-0.05, 0) is 23.6 Å². The number of benzene rings is 2. The molecule has 0 aliphatic heterocycles. The molecule has 1 aromatic heterocycles. The molecule has 0 saturated carbocycles. The quantitative estimate of drug-likeness (QED) is 0.441. The third-order valence-electron chi connectivity index (χ3n) is 3.80. The van der Waals surface area contributed by atoms with Crippen LogP contribution in [0.15, 0.2) is 65.8 Å². The van der Waals surface area contributed by atoms with Crippen LogP contribution in [0.5, 0.6) is 0 Å². The number of aromatic nitrogens is 3. The average molecular weight is 401 g/mol. The Morgan fingerprint density at radius 3 is 2.19 bits per heavy atom. The van der Waals surface area contributed by atoms with Crippen molar-refractivity contribution in [3.63, 3.8) is 0 Å². The number of nitrogens with zero attached hydrogens (tertiary/aromatic N) is 4. The second-order valence-corrected chi connectivity index (χ2v) is 7.80. The van der Waals surface area contributed by atoms with E-state index >= 15 is 0 Å². The number of hydrogen-bond donors (Lipinski definition) is 0. The fourth-order valence-electron chi connectivity index (χ4n) is 2.53. The van der Waals surface area contributed by atoms with Gasteiger partial charge in [0.15, 0.2) is 5.16 Å². The zero-order valence-corrected chi connectivity index (χ0v) is 17.2. The average Bonchev–Trinajstić information content (AvgIpc) is 3.09. The molecule has 2 aromatic carbocycles. The highest BCUT2D eigenvalue weighted by molar-refractivity contribution is 8.22. The van der Waals surface area contributed by atoms with Crippen LogP contribution in [0.2, 0.25) is 0 Å². The van der Waals surface area contributed by atoms with Gasteiger partial charge in [-0.1, -0.05) is 96.4 Å². The van der Waals surface area contributed by atoms with Crippen LogP contribution in [-0.2, 0) is 13.1 Å². The summed E-state index contributed by atoms with van der Waals surface area (Å²) >= 11 is 8.70. The molecule has 0 N–H and O–H groups in total. The van der Waals surface area contributed by atoms with Gasteiger partial charge in [0.25, 0.3) is 5.95 Å². The molecular formula is C19H20N4S3. The van der Waals surface area contributed by atoms with E-state index in [0.29, 0.717) is 19.0 Å². The van der Waals surface area contributed by atoms with Gasteiger partial charge >= 0.3 is 0 Å². The molecular weight excluding hydrogens is 380 g/mol. The molecule has 3 aromatic rings. The summed E-state index contributed by atoms with van der Waals surface area (Å²) < 4.78 is 2.70. The van der Waals surface area contributed by atoms with E-state index in [1.807, 2.05) is 58.5 Å². The van der Waals surface area contributed by atoms with Crippen molar-refractivity contribution in [1.29, 1.82) is 0 Å². The third-order valence-corrected chi connectivity index (χ3v) is 5.76. The van der Waals surface area contributed by atoms with Crippen LogP contribution in [-0.4, -0.2) is 31.6 Å². The molecule has 0 radical (unpaired) electrons. The number of anilines is 1. The van der Waals surface area contributed by atoms with Crippen molar-refractivity contribution in [3.8, 4) is 0 Å². The summed E-state index contributed by atoms with van der Waals surface area (Å²) in [5.41, 5.74) is 2.37. The van der Waals surface area contributed by atoms with Crippen molar-refractivity contribution < 1.29 is 0 Å². The van der Waals surface area contributed by atoms with Crippen molar-refractivity contribution in [2.75, 3.05) is 17.4 Å². The fraction of sp³-hybridized carbons (Fsp3) is 0.211. The molecule has 0 atom stereocenters. The molecule has 0 amide bonds. The fourth-order valence-corrected chi connectivity index (χ4v) is 3.54. The lowest BCUT2D eigenvalue weighted by atomic mass is 10.2. The summed E-state index contributed by atoms with van der Waals surface area (Å²) in [6.45, 7) is 1.35. The Morgan fingerprint density at radius 1 is 1.00 bits per heavy atom. The van der Waals surface area contributed by atoms with E-state index < -0.39 is 0 Å². The Bertz CT molecular complexity index is 850. The van der Waals surface area contributed by atoms with Crippen LogP contribution in [0, 0.1) is 0 Å². The van der Waals surface area contributed by atoms with E-state index in [1.54, 1.807) is 11.8 Å². The minimum Gasteiger partial charge on any atom is -0.290 e. The van der Waals surface area contributed by atoms with Crippen LogP contribution in [0.4, 0.5) is 5.95 Å². The molecule has 0 unspecified atom stereocenters. The van der Waals surface area contributed by atoms with Crippen LogP contribution in [0.3, 0.4) is 0 Å². The van der Waals surface area contributed by atoms with Crippen LogP contribution < -0.4 is 4.90 Å². The maximum absolute atomic E-state index is 5.57. The van der Waals surface area contributed by atoms with E-state index in [4.69, 9.17) is 22.3 Å². The highest BCUT2D eigenvalue weighted by Crippen LogP contribution is 2.23. The molecule has 26 heavy (non-hydrogen) atoms. The van der Waals surface area contributed by atoms with Crippen molar-refractivity contribution in [1.82, 2.24) is 14.8 Å². The first-order valence-electron chi connectivity index (χ1n) is 8.13. The minimum absolute atomic E-state index is 0.647. The smallest absolute Gasteiger partial charge is 0.251 e. The van der Waals surface area contributed by atoms with Crippen LogP contribution in [0.25, 0.3) is 0 Å². The molecule has 0 spiro atoms. The van der Waals surface area contributed by atoms with Gasteiger partial charge in [-0.3, -0.25) is 4.90 Å². The van der Waals surface area contributed by atoms with Crippen molar-refractivity contribution in [2.45, 2.75) is 18.2 Å². The van der Waals surface area contributed by atoms with E-state index in [2.05, 4.69) is 24.3 Å². The number of thioether (sulfide) groups is 2. The third kappa shape index (κ3) is 4.66. The summed E-state index contributed by atoms with van der Waals surface area (Å²) in [5.74, 6) is 0.647. The molecule has 0 aliphatic carbocycles. The predicted octanol–water partition coefficient (Wildman–Crippen LogP) is 4.70. The molecule has 7 heteroatoms. The Hall–Kier alpha value is -1.83. The lowest BCUT2D eigenvalue weighted by Crippen LogP contribution is -2.27. The minimum atomic E-state index is 0.647. The topological polar surface area (TPSA) is 34.0 Å². The monoisotopic (exact) mass is 400 g/mol. The summed E-state index contributed by atoms with van der Waals surface area (Å²) in [4.78, 5) is 6.73. The summed E-state index contributed by atoms with van der Waals surface area (Å²) in [5, 5.41) is 5.63. The first-order chi connectivity index (χ1) is 12.7. The van der Waals surface area contributed by atoms with Crippen molar-refractivity contribution in [2.24, 2.45) is 0 Å². The van der Waals surface area contributed by atoms with Crippen LogP contribution in [0.1, 0.15) is 11.1 Å². The van der Waals surface area contributed by atoms with Gasteiger partial charge < -0.3 is 0 Å². The van der Waals surface area contributed by atoms with Gasteiger partial charge in [0.05, 0.1) is 13.1 Å². The zero-order chi connectivity index (χ0) is 18.4. The highest BCUT2D eigenvalue weighted by atomic mass is 32.2. The lowest BCUT2D eigenvalue weighted by Gasteiger charge is -2.20. The highest BCUT2D eigenvalue weighted by Gasteiger charge is 2.19. The largest absolute Gasteiger partial charge is 0.290 e. The van der Waals surface area contributed by atoms with Gasteiger partial charge in [0, 0.05) is 0 Å². The molecule has 1 heterocycles. The maximum atomic E-state index is 5.57. The molecule has 4 nitrogen and oxygen atoms in total. The van der Waals surface area contributed by atoms with Crippen LogP contribution >= 0.6 is 35.7 Å². The Labute approximate surface area is 168 Å². The second-order valence-electron chi connectivity index (χ2n) is 5.58. The van der Waals surface area contributed by atoms with Gasteiger partial charge in [0.1, 0.15) is 4.32 Å². The maximum Gasteiger partial charge on any atom is 0.251 e. The summed E-state index contributed by atoms with van der Waals surface area (Å²) in [7, 11) is 0. The summed E-state index contributed by atoms with van der Waals surface area (Å²) in [6.07, 6.45) is 4.00. The van der Waals surface area contributed by atoms with Crippen molar-refractivity contribution >= 4 is 46.0 Å². The number of rotatable bonds is 6. The zero-order valence-electron chi connectivity index (χ0n) is 14.7. The molecule has 0 fully saturated rings. The predicted molar refractivity (Wildman–Crippen MR) is 116 cm³/mol. The molecule has 134 valence electrons. The van der Waals surface area contributed by atoms with E-state index in [1.165, 1.54) is 22.9 Å². The van der Waals surface area contributed by atoms with Gasteiger partial charge in [-0.2, -0.15) is 4.98 Å². The van der Waals surface area contributed by atoms with E-state index in [0.717, 1.165) is 9.48 Å². The van der Waals surface area contributed by atoms with Gasteiger partial charge in [-0.15, -0.1) is 5.10 Å². The first kappa shape index (κ1) is 18.9. The molecule has 0 aliphatic rings. The normalized spacial score (nSPS) is 10.7.